The Bertz CT molecular complexity index is 2020. The average molecular weight is 695 g/mol. The van der Waals surface area contributed by atoms with Crippen molar-refractivity contribution in [3.63, 3.8) is 0 Å². The van der Waals surface area contributed by atoms with Crippen LogP contribution >= 0.6 is 0 Å². The van der Waals surface area contributed by atoms with Crippen LogP contribution in [0.4, 0.5) is 0 Å². The van der Waals surface area contributed by atoms with E-state index in [1.165, 1.54) is 11.8 Å². The maximum atomic E-state index is 13.9. The molecule has 8 rings (SSSR count). The molecule has 51 heavy (non-hydrogen) atoms. The summed E-state index contributed by atoms with van der Waals surface area (Å²) < 4.78 is 35.6. The van der Waals surface area contributed by atoms with Crippen LogP contribution in [-0.4, -0.2) is 92.0 Å². The molecule has 264 valence electrons. The SMILES string of the molecule is COCOc1c(OC)c(C)cc2c1[C@@H]1C3Cc4c(OC(C)=O)c(C)c5c(c4C(CN4C(=O)c6ccccc6C4=O)N3C(C#N)[C@H](C2)N1C)OCO5. The molecule has 13 heteroatoms. The molecule has 0 N–H and O–H groups in total. The quantitative estimate of drug-likeness (QED) is 0.153. The molecule has 5 aliphatic heterocycles. The molecule has 1 saturated heterocycles. The van der Waals surface area contributed by atoms with E-state index in [2.05, 4.69) is 21.9 Å². The van der Waals surface area contributed by atoms with Gasteiger partial charge in [-0.2, -0.15) is 5.26 Å². The summed E-state index contributed by atoms with van der Waals surface area (Å²) in [6.07, 6.45) is 0.877. The van der Waals surface area contributed by atoms with Gasteiger partial charge in [-0.1, -0.05) is 18.2 Å². The normalized spacial score (nSPS) is 24.3. The topological polar surface area (TPSA) is 140 Å². The van der Waals surface area contributed by atoms with Gasteiger partial charge in [0.25, 0.3) is 11.8 Å². The fraction of sp³-hybridized carbons (Fsp3) is 0.421. The molecule has 0 spiro atoms. The number of hydrogen-bond donors (Lipinski definition) is 0. The van der Waals surface area contributed by atoms with Gasteiger partial charge in [0.1, 0.15) is 11.8 Å². The summed E-state index contributed by atoms with van der Waals surface area (Å²) in [5, 5.41) is 11.0. The van der Waals surface area contributed by atoms with Crippen LogP contribution in [0.5, 0.6) is 28.7 Å². The number of aryl methyl sites for hydroxylation is 1. The van der Waals surface area contributed by atoms with Gasteiger partial charge in [0.15, 0.2) is 29.8 Å². The van der Waals surface area contributed by atoms with Crippen LogP contribution in [0.25, 0.3) is 0 Å². The van der Waals surface area contributed by atoms with Crippen LogP contribution in [0, 0.1) is 25.2 Å². The van der Waals surface area contributed by atoms with Crippen LogP contribution in [0.3, 0.4) is 0 Å². The summed E-state index contributed by atoms with van der Waals surface area (Å²) >= 11 is 0. The summed E-state index contributed by atoms with van der Waals surface area (Å²) in [5.41, 5.74) is 5.44. The van der Waals surface area contributed by atoms with Gasteiger partial charge in [-0.05, 0) is 57.0 Å². The molecular formula is C38H38N4O9. The van der Waals surface area contributed by atoms with Crippen molar-refractivity contribution in [1.82, 2.24) is 14.7 Å². The number of amides is 2. The van der Waals surface area contributed by atoms with Crippen LogP contribution in [0.15, 0.2) is 30.3 Å². The Morgan fingerprint density at radius 1 is 0.980 bits per heavy atom. The molecule has 3 aromatic carbocycles. The van der Waals surface area contributed by atoms with Crippen LogP contribution < -0.4 is 23.7 Å². The highest BCUT2D eigenvalue weighted by Crippen LogP contribution is 2.59. The lowest BCUT2D eigenvalue weighted by molar-refractivity contribution is -0.132. The first-order chi connectivity index (χ1) is 24.6. The zero-order valence-corrected chi connectivity index (χ0v) is 29.3. The summed E-state index contributed by atoms with van der Waals surface area (Å²) in [6, 6.07) is 9.05. The maximum absolute atomic E-state index is 13.9. The summed E-state index contributed by atoms with van der Waals surface area (Å²) in [6.45, 7) is 4.99. The third kappa shape index (κ3) is 4.73. The number of likely N-dealkylation sites (N-methyl/N-ethyl adjacent to an activating group) is 1. The first-order valence-electron chi connectivity index (χ1n) is 16.9. The van der Waals surface area contributed by atoms with Gasteiger partial charge >= 0.3 is 5.97 Å². The van der Waals surface area contributed by atoms with Crippen molar-refractivity contribution in [1.29, 1.82) is 5.26 Å². The second kappa shape index (κ2) is 12.3. The molecule has 0 saturated carbocycles. The van der Waals surface area contributed by atoms with Gasteiger partial charge in [-0.25, -0.2) is 0 Å². The smallest absolute Gasteiger partial charge is 0.308 e. The van der Waals surface area contributed by atoms with Crippen molar-refractivity contribution < 1.29 is 42.8 Å². The number of fused-ring (bicyclic) bond motifs is 10. The minimum atomic E-state index is -0.730. The summed E-state index contributed by atoms with van der Waals surface area (Å²) in [7, 11) is 5.18. The fourth-order valence-corrected chi connectivity index (χ4v) is 9.10. The van der Waals surface area contributed by atoms with Crippen molar-refractivity contribution in [2.45, 2.75) is 63.8 Å². The second-order valence-corrected chi connectivity index (χ2v) is 13.6. The lowest BCUT2D eigenvalue weighted by Crippen LogP contribution is -2.69. The maximum Gasteiger partial charge on any atom is 0.308 e. The number of nitrogens with zero attached hydrogens (tertiary/aromatic N) is 4. The lowest BCUT2D eigenvalue weighted by atomic mass is 9.71. The van der Waals surface area contributed by atoms with Crippen molar-refractivity contribution in [2.24, 2.45) is 0 Å². The fourth-order valence-electron chi connectivity index (χ4n) is 9.10. The Kier molecular flexibility index (Phi) is 7.94. The Morgan fingerprint density at radius 3 is 2.33 bits per heavy atom. The minimum absolute atomic E-state index is 0.00815. The largest absolute Gasteiger partial charge is 0.493 e. The number of esters is 1. The third-order valence-corrected chi connectivity index (χ3v) is 11.0. The predicted molar refractivity (Wildman–Crippen MR) is 180 cm³/mol. The van der Waals surface area contributed by atoms with E-state index >= 15 is 0 Å². The standard InChI is InChI=1S/C38H38N4O9/c1-18-11-21-12-25-27(14-39)42-26(31(40(25)4)29(21)35(32(18)47-6)48-16-46-5)13-24-30(36-34(49-17-50-36)19(2)33(24)51-20(3)43)28(42)15-41-37(44)22-9-7-8-10-23(22)38(41)45/h7-11,25-28,31H,12-13,15-17H2,1-6H3/t25-,26?,27?,28?,31-/m0/s1. The molecule has 13 nitrogen and oxygen atoms in total. The first-order valence-corrected chi connectivity index (χ1v) is 16.9. The zero-order valence-electron chi connectivity index (χ0n) is 29.3. The van der Waals surface area contributed by atoms with Crippen molar-refractivity contribution in [3.8, 4) is 34.8 Å². The highest BCUT2D eigenvalue weighted by atomic mass is 16.7. The van der Waals surface area contributed by atoms with Crippen molar-refractivity contribution >= 4 is 17.8 Å². The predicted octanol–water partition coefficient (Wildman–Crippen LogP) is 4.02. The van der Waals surface area contributed by atoms with E-state index in [1.807, 2.05) is 20.9 Å². The molecular weight excluding hydrogens is 656 g/mol. The summed E-state index contributed by atoms with van der Waals surface area (Å²) in [4.78, 5) is 46.1. The van der Waals surface area contributed by atoms with Gasteiger partial charge in [0.2, 0.25) is 6.79 Å². The molecule has 5 atom stereocenters. The van der Waals surface area contributed by atoms with E-state index < -0.39 is 35.9 Å². The number of carbonyl (C=O) groups excluding carboxylic acids is 3. The number of nitriles is 1. The number of carbonyl (C=O) groups is 3. The number of imide groups is 1. The number of methoxy groups -OCH3 is 2. The van der Waals surface area contributed by atoms with E-state index in [1.54, 1.807) is 38.5 Å². The minimum Gasteiger partial charge on any atom is -0.493 e. The highest BCUT2D eigenvalue weighted by Gasteiger charge is 2.58. The van der Waals surface area contributed by atoms with Crippen LogP contribution in [0.2, 0.25) is 0 Å². The monoisotopic (exact) mass is 694 g/mol. The molecule has 1 fully saturated rings. The van der Waals surface area contributed by atoms with Gasteiger partial charge in [-0.3, -0.25) is 29.1 Å². The third-order valence-electron chi connectivity index (χ3n) is 11.0. The molecule has 3 aromatic rings. The Morgan fingerprint density at radius 2 is 1.69 bits per heavy atom. The van der Waals surface area contributed by atoms with E-state index in [0.717, 1.165) is 16.7 Å². The molecule has 0 aromatic heterocycles. The van der Waals surface area contributed by atoms with E-state index in [4.69, 9.17) is 28.4 Å². The van der Waals surface area contributed by atoms with Gasteiger partial charge in [0, 0.05) is 54.9 Å². The molecule has 2 amide bonds. The van der Waals surface area contributed by atoms with E-state index in [-0.39, 0.29) is 32.2 Å². The van der Waals surface area contributed by atoms with Gasteiger partial charge < -0.3 is 28.4 Å². The van der Waals surface area contributed by atoms with Gasteiger partial charge in [-0.15, -0.1) is 0 Å². The average Bonchev–Trinajstić information content (AvgIpc) is 3.69. The Hall–Kier alpha value is -5.16. The second-order valence-electron chi connectivity index (χ2n) is 13.6. The zero-order chi connectivity index (χ0) is 35.9. The number of piperazine rings is 1. The lowest BCUT2D eigenvalue weighted by Gasteiger charge is -2.60. The molecule has 2 bridgehead atoms. The number of hydrogen-bond acceptors (Lipinski definition) is 12. The molecule has 3 unspecified atom stereocenters. The van der Waals surface area contributed by atoms with Crippen molar-refractivity contribution in [3.05, 3.63) is 74.8 Å². The molecule has 0 radical (unpaired) electrons. The highest BCUT2D eigenvalue weighted by molar-refractivity contribution is 6.21. The molecule has 5 heterocycles. The molecule has 5 aliphatic rings. The van der Waals surface area contributed by atoms with Crippen LogP contribution in [-0.2, 0) is 22.4 Å². The molecule has 0 aliphatic carbocycles. The first kappa shape index (κ1) is 33.0. The Balaban J connectivity index is 1.38. The van der Waals surface area contributed by atoms with E-state index in [9.17, 15) is 19.6 Å². The van der Waals surface area contributed by atoms with E-state index in [0.29, 0.717) is 69.4 Å². The number of benzene rings is 3. The number of ether oxygens (including phenoxy) is 6. The van der Waals surface area contributed by atoms with Gasteiger partial charge in [0.05, 0.1) is 36.4 Å². The summed E-state index contributed by atoms with van der Waals surface area (Å²) in [5.74, 6) is 1.05. The van der Waals surface area contributed by atoms with Crippen LogP contribution in [0.1, 0.15) is 73.1 Å². The number of rotatable bonds is 7. The Labute approximate surface area is 295 Å². The van der Waals surface area contributed by atoms with Crippen molar-refractivity contribution in [2.75, 3.05) is 41.4 Å².